The van der Waals surface area contributed by atoms with Gasteiger partial charge in [-0.1, -0.05) is 48.5 Å². The molecule has 0 saturated carbocycles. The highest BCUT2D eigenvalue weighted by atomic mass is 16.5. The first-order valence-corrected chi connectivity index (χ1v) is 10.3. The number of hydrogen-bond donors (Lipinski definition) is 1. The van der Waals surface area contributed by atoms with Crippen molar-refractivity contribution in [1.29, 1.82) is 0 Å². The Hall–Kier alpha value is -3.64. The molecule has 0 radical (unpaired) electrons. The zero-order valence-corrected chi connectivity index (χ0v) is 17.5. The summed E-state index contributed by atoms with van der Waals surface area (Å²) in [5.74, 6) is 0.746. The summed E-state index contributed by atoms with van der Waals surface area (Å²) < 4.78 is 12.4. The fourth-order valence-corrected chi connectivity index (χ4v) is 4.12. The van der Waals surface area contributed by atoms with Crippen LogP contribution in [0.1, 0.15) is 17.7 Å². The maximum Gasteiger partial charge on any atom is 0.282 e. The summed E-state index contributed by atoms with van der Waals surface area (Å²) in [5, 5.41) is 4.77. The molecule has 4 aromatic rings. The molecule has 1 aliphatic heterocycles. The lowest BCUT2D eigenvalue weighted by atomic mass is 9.99. The standard InChI is InChI=1S/C25H23N3O3/c1-16-21(17-10-12-20(30-2)13-11-17)25(29)28-24(26-16)22(19-9-6-14-31-15-19)23(27-28)18-7-4-3-5-8-18/h3-5,7-13,26H,6,14-15H2,1-2H3. The molecule has 6 heteroatoms. The smallest absolute Gasteiger partial charge is 0.282 e. The van der Waals surface area contributed by atoms with Gasteiger partial charge in [-0.05, 0) is 36.6 Å². The van der Waals surface area contributed by atoms with Gasteiger partial charge < -0.3 is 14.5 Å². The summed E-state index contributed by atoms with van der Waals surface area (Å²) >= 11 is 0. The second kappa shape index (κ2) is 7.89. The van der Waals surface area contributed by atoms with Crippen molar-refractivity contribution in [3.63, 3.8) is 0 Å². The Morgan fingerprint density at radius 1 is 1.03 bits per heavy atom. The Labute approximate surface area is 179 Å². The van der Waals surface area contributed by atoms with E-state index >= 15 is 0 Å². The topological polar surface area (TPSA) is 68.6 Å². The van der Waals surface area contributed by atoms with Crippen LogP contribution in [0.2, 0.25) is 0 Å². The predicted molar refractivity (Wildman–Crippen MR) is 121 cm³/mol. The minimum absolute atomic E-state index is 0.155. The number of aryl methyl sites for hydroxylation is 1. The molecular weight excluding hydrogens is 390 g/mol. The lowest BCUT2D eigenvalue weighted by Gasteiger charge is -2.14. The maximum absolute atomic E-state index is 13.6. The maximum atomic E-state index is 13.6. The normalized spacial score (nSPS) is 13.9. The Balaban J connectivity index is 1.78. The zero-order chi connectivity index (χ0) is 21.4. The number of H-pyrrole nitrogens is 1. The van der Waals surface area contributed by atoms with E-state index in [1.807, 2.05) is 61.5 Å². The van der Waals surface area contributed by atoms with E-state index in [-0.39, 0.29) is 5.56 Å². The van der Waals surface area contributed by atoms with Gasteiger partial charge in [-0.3, -0.25) is 4.79 Å². The molecule has 5 rings (SSSR count). The van der Waals surface area contributed by atoms with E-state index in [1.165, 1.54) is 4.52 Å². The number of rotatable bonds is 4. The molecule has 6 nitrogen and oxygen atoms in total. The molecular formula is C25H23N3O3. The lowest BCUT2D eigenvalue weighted by molar-refractivity contribution is 0.164. The van der Waals surface area contributed by atoms with E-state index in [0.29, 0.717) is 24.4 Å². The SMILES string of the molecule is COc1ccc(-c2c(C)[nH]c3c(C4=CCCOC4)c(-c4ccccc4)nn3c2=O)cc1. The summed E-state index contributed by atoms with van der Waals surface area (Å²) in [6, 6.07) is 17.4. The fraction of sp³-hybridized carbons (Fsp3) is 0.200. The summed E-state index contributed by atoms with van der Waals surface area (Å²) in [6.07, 6.45) is 3.02. The van der Waals surface area contributed by atoms with Crippen LogP contribution in [0, 0.1) is 6.92 Å². The number of nitrogens with one attached hydrogen (secondary N) is 1. The highest BCUT2D eigenvalue weighted by Gasteiger charge is 2.23. The first kappa shape index (κ1) is 19.3. The molecule has 0 saturated heterocycles. The van der Waals surface area contributed by atoms with Crippen LogP contribution in [0.25, 0.3) is 33.6 Å². The molecule has 1 N–H and O–H groups in total. The molecule has 2 aromatic carbocycles. The third-order valence-corrected chi connectivity index (χ3v) is 5.63. The lowest BCUT2D eigenvalue weighted by Crippen LogP contribution is -2.19. The minimum atomic E-state index is -0.155. The Kier molecular flexibility index (Phi) is 4.92. The molecule has 0 amide bonds. The van der Waals surface area contributed by atoms with E-state index in [0.717, 1.165) is 45.8 Å². The van der Waals surface area contributed by atoms with Gasteiger partial charge in [0.25, 0.3) is 5.56 Å². The van der Waals surface area contributed by atoms with Crippen molar-refractivity contribution in [3.8, 4) is 28.1 Å². The van der Waals surface area contributed by atoms with Crippen LogP contribution in [0.4, 0.5) is 0 Å². The number of aromatic amines is 1. The van der Waals surface area contributed by atoms with E-state index in [2.05, 4.69) is 11.1 Å². The minimum Gasteiger partial charge on any atom is -0.497 e. The molecule has 3 heterocycles. The van der Waals surface area contributed by atoms with Gasteiger partial charge in [0.2, 0.25) is 0 Å². The van der Waals surface area contributed by atoms with Crippen molar-refractivity contribution in [2.75, 3.05) is 20.3 Å². The summed E-state index contributed by atoms with van der Waals surface area (Å²) in [5.41, 5.74) is 6.45. The third-order valence-electron chi connectivity index (χ3n) is 5.63. The van der Waals surface area contributed by atoms with Gasteiger partial charge in [0.05, 0.1) is 31.5 Å². The van der Waals surface area contributed by atoms with Gasteiger partial charge in [-0.25, -0.2) is 0 Å². The van der Waals surface area contributed by atoms with Crippen LogP contribution < -0.4 is 10.3 Å². The summed E-state index contributed by atoms with van der Waals surface area (Å²) in [6.45, 7) is 3.13. The van der Waals surface area contributed by atoms with Gasteiger partial charge in [0.15, 0.2) is 0 Å². The van der Waals surface area contributed by atoms with E-state index in [1.54, 1.807) is 7.11 Å². The highest BCUT2D eigenvalue weighted by molar-refractivity contribution is 5.88. The van der Waals surface area contributed by atoms with Crippen molar-refractivity contribution in [2.24, 2.45) is 0 Å². The van der Waals surface area contributed by atoms with Gasteiger partial charge in [-0.2, -0.15) is 9.61 Å². The van der Waals surface area contributed by atoms with Gasteiger partial charge in [0.1, 0.15) is 17.1 Å². The van der Waals surface area contributed by atoms with Crippen molar-refractivity contribution < 1.29 is 9.47 Å². The van der Waals surface area contributed by atoms with Crippen LogP contribution in [0.5, 0.6) is 5.75 Å². The first-order valence-electron chi connectivity index (χ1n) is 10.3. The Morgan fingerprint density at radius 3 is 2.48 bits per heavy atom. The number of aromatic nitrogens is 3. The Morgan fingerprint density at radius 2 is 1.81 bits per heavy atom. The van der Waals surface area contributed by atoms with Gasteiger partial charge in [-0.15, -0.1) is 0 Å². The van der Waals surface area contributed by atoms with Crippen LogP contribution in [-0.2, 0) is 4.74 Å². The number of benzene rings is 2. The number of fused-ring (bicyclic) bond motifs is 1. The van der Waals surface area contributed by atoms with Gasteiger partial charge in [0, 0.05) is 11.3 Å². The van der Waals surface area contributed by atoms with E-state index in [4.69, 9.17) is 14.6 Å². The largest absolute Gasteiger partial charge is 0.497 e. The predicted octanol–water partition coefficient (Wildman–Crippen LogP) is 4.48. The van der Waals surface area contributed by atoms with Crippen molar-refractivity contribution in [1.82, 2.24) is 14.6 Å². The number of nitrogens with zero attached hydrogens (tertiary/aromatic N) is 2. The second-order valence-electron chi connectivity index (χ2n) is 7.58. The highest BCUT2D eigenvalue weighted by Crippen LogP contribution is 2.33. The monoisotopic (exact) mass is 413 g/mol. The molecule has 0 atom stereocenters. The summed E-state index contributed by atoms with van der Waals surface area (Å²) in [7, 11) is 1.62. The van der Waals surface area contributed by atoms with Gasteiger partial charge >= 0.3 is 0 Å². The molecule has 2 aromatic heterocycles. The molecule has 0 spiro atoms. The number of methoxy groups -OCH3 is 1. The average molecular weight is 413 g/mol. The van der Waals surface area contributed by atoms with Crippen LogP contribution in [0.15, 0.2) is 65.5 Å². The third kappa shape index (κ3) is 3.35. The van der Waals surface area contributed by atoms with E-state index < -0.39 is 0 Å². The quantitative estimate of drug-likeness (QED) is 0.536. The molecule has 156 valence electrons. The molecule has 0 unspecified atom stereocenters. The number of hydrogen-bond acceptors (Lipinski definition) is 4. The summed E-state index contributed by atoms with van der Waals surface area (Å²) in [4.78, 5) is 17.0. The molecule has 1 aliphatic rings. The fourth-order valence-electron chi connectivity index (χ4n) is 4.12. The molecule has 0 fully saturated rings. The number of ether oxygens (including phenoxy) is 2. The molecule has 0 aliphatic carbocycles. The molecule has 0 bridgehead atoms. The van der Waals surface area contributed by atoms with Crippen molar-refractivity contribution >= 4 is 11.2 Å². The van der Waals surface area contributed by atoms with Crippen molar-refractivity contribution in [2.45, 2.75) is 13.3 Å². The second-order valence-corrected chi connectivity index (χ2v) is 7.58. The average Bonchev–Trinajstić information content (AvgIpc) is 3.20. The van der Waals surface area contributed by atoms with Crippen LogP contribution >= 0.6 is 0 Å². The zero-order valence-electron chi connectivity index (χ0n) is 17.5. The van der Waals surface area contributed by atoms with E-state index in [9.17, 15) is 4.79 Å². The Bertz CT molecular complexity index is 1330. The van der Waals surface area contributed by atoms with Crippen LogP contribution in [-0.4, -0.2) is 34.9 Å². The molecule has 31 heavy (non-hydrogen) atoms. The van der Waals surface area contributed by atoms with Crippen LogP contribution in [0.3, 0.4) is 0 Å². The van der Waals surface area contributed by atoms with Crippen molar-refractivity contribution in [3.05, 3.63) is 82.3 Å². The first-order chi connectivity index (χ1) is 15.2.